The lowest BCUT2D eigenvalue weighted by molar-refractivity contribution is 0.0926. The molecule has 0 N–H and O–H groups in total. The van der Waals surface area contributed by atoms with E-state index < -0.39 is 0 Å². The largest absolute Gasteiger partial charge is 0.491 e. The molecule has 26 heavy (non-hydrogen) atoms. The minimum atomic E-state index is -0.298. The van der Waals surface area contributed by atoms with E-state index in [2.05, 4.69) is 20.8 Å². The van der Waals surface area contributed by atoms with Crippen LogP contribution in [-0.4, -0.2) is 31.1 Å². The van der Waals surface area contributed by atoms with E-state index in [1.165, 1.54) is 4.90 Å². The maximum atomic E-state index is 12.8. The van der Waals surface area contributed by atoms with Gasteiger partial charge in [-0.3, -0.25) is 9.59 Å². The molecule has 0 saturated carbocycles. The van der Waals surface area contributed by atoms with Gasteiger partial charge in [-0.05, 0) is 35.2 Å². The van der Waals surface area contributed by atoms with Crippen LogP contribution in [0.5, 0.6) is 5.75 Å². The molecule has 0 aromatic heterocycles. The summed E-state index contributed by atoms with van der Waals surface area (Å²) in [5.41, 5.74) is 2.26. The Morgan fingerprint density at radius 1 is 1.08 bits per heavy atom. The lowest BCUT2D eigenvalue weighted by Crippen LogP contribution is -2.30. The topological polar surface area (TPSA) is 59.1 Å². The van der Waals surface area contributed by atoms with Crippen LogP contribution in [0.25, 0.3) is 0 Å². The second-order valence-electron chi connectivity index (χ2n) is 7.72. The summed E-state index contributed by atoms with van der Waals surface area (Å²) in [7, 11) is 0. The van der Waals surface area contributed by atoms with E-state index in [1.54, 1.807) is 30.3 Å². The fraction of sp³-hybridized carbons (Fsp3) is 0.333. The number of imide groups is 1. The molecule has 0 bridgehead atoms. The monoisotopic (exact) mass is 351 g/mol. The van der Waals surface area contributed by atoms with Gasteiger partial charge in [0.1, 0.15) is 18.5 Å². The van der Waals surface area contributed by atoms with Crippen molar-refractivity contribution in [2.75, 3.05) is 18.1 Å². The number of benzene rings is 2. The van der Waals surface area contributed by atoms with Gasteiger partial charge in [-0.15, -0.1) is 0 Å². The minimum absolute atomic E-state index is 0.135. The Morgan fingerprint density at radius 2 is 1.69 bits per heavy atom. The number of anilines is 1. The molecule has 0 spiro atoms. The Bertz CT molecular complexity index is 858. The zero-order valence-electron chi connectivity index (χ0n) is 15.1. The van der Waals surface area contributed by atoms with Crippen LogP contribution in [-0.2, 0) is 10.2 Å². The van der Waals surface area contributed by atoms with Crippen LogP contribution in [0.4, 0.5) is 5.69 Å². The molecule has 2 aromatic carbocycles. The normalized spacial score (nSPS) is 18.9. The third kappa shape index (κ3) is 2.99. The predicted molar refractivity (Wildman–Crippen MR) is 98.0 cm³/mol. The second-order valence-corrected chi connectivity index (χ2v) is 7.72. The molecule has 2 aliphatic heterocycles. The van der Waals surface area contributed by atoms with Crippen LogP contribution in [0, 0.1) is 0 Å². The van der Waals surface area contributed by atoms with Crippen molar-refractivity contribution in [1.29, 1.82) is 0 Å². The summed E-state index contributed by atoms with van der Waals surface area (Å²) >= 11 is 0. The first kappa shape index (κ1) is 16.8. The van der Waals surface area contributed by atoms with E-state index in [0.717, 1.165) is 5.56 Å². The highest BCUT2D eigenvalue weighted by atomic mass is 16.6. The SMILES string of the molecule is CC(C)(C)c1cc(OCC2CO2)cc(N2C(=O)c3ccccc3C2=O)c1. The number of epoxide rings is 1. The third-order valence-corrected chi connectivity index (χ3v) is 4.65. The number of carbonyl (C=O) groups is 2. The van der Waals surface area contributed by atoms with Crippen molar-refractivity contribution in [3.8, 4) is 5.75 Å². The molecular formula is C21H21NO4. The zero-order chi connectivity index (χ0) is 18.5. The van der Waals surface area contributed by atoms with Gasteiger partial charge in [-0.1, -0.05) is 32.9 Å². The molecule has 2 amide bonds. The number of amides is 2. The number of fused-ring (bicyclic) bond motifs is 1. The number of nitrogens with zero attached hydrogens (tertiary/aromatic N) is 1. The highest BCUT2D eigenvalue weighted by Crippen LogP contribution is 2.35. The van der Waals surface area contributed by atoms with Gasteiger partial charge in [0.15, 0.2) is 0 Å². The summed E-state index contributed by atoms with van der Waals surface area (Å²) in [6.45, 7) is 7.44. The van der Waals surface area contributed by atoms with Crippen molar-refractivity contribution in [3.05, 3.63) is 59.2 Å². The van der Waals surface area contributed by atoms with Crippen molar-refractivity contribution in [2.24, 2.45) is 0 Å². The molecular weight excluding hydrogens is 330 g/mol. The molecule has 2 aliphatic rings. The van der Waals surface area contributed by atoms with E-state index in [1.807, 2.05) is 12.1 Å². The molecule has 4 rings (SSSR count). The molecule has 0 aliphatic carbocycles. The molecule has 1 atom stereocenters. The highest BCUT2D eigenvalue weighted by molar-refractivity contribution is 6.34. The molecule has 1 fully saturated rings. The van der Waals surface area contributed by atoms with Crippen LogP contribution in [0.1, 0.15) is 47.1 Å². The van der Waals surface area contributed by atoms with Gasteiger partial charge in [-0.25, -0.2) is 4.90 Å². The lowest BCUT2D eigenvalue weighted by Gasteiger charge is -2.23. The van der Waals surface area contributed by atoms with E-state index in [9.17, 15) is 9.59 Å². The Kier molecular flexibility index (Phi) is 3.84. The standard InChI is InChI=1S/C21H21NO4/c1-21(2,3)13-8-14(10-15(9-13)25-11-16-12-26-16)22-19(23)17-6-4-5-7-18(17)20(22)24/h4-10,16H,11-12H2,1-3H3. The van der Waals surface area contributed by atoms with Crippen LogP contribution < -0.4 is 9.64 Å². The summed E-state index contributed by atoms with van der Waals surface area (Å²) in [6.07, 6.45) is 0.135. The van der Waals surface area contributed by atoms with Crippen LogP contribution in [0.15, 0.2) is 42.5 Å². The maximum absolute atomic E-state index is 12.8. The van der Waals surface area contributed by atoms with E-state index in [0.29, 0.717) is 35.8 Å². The van der Waals surface area contributed by atoms with Gasteiger partial charge >= 0.3 is 0 Å². The van der Waals surface area contributed by atoms with Crippen LogP contribution >= 0.6 is 0 Å². The van der Waals surface area contributed by atoms with Gasteiger partial charge in [0.05, 0.1) is 23.4 Å². The average Bonchev–Trinajstić information content (AvgIpc) is 3.39. The van der Waals surface area contributed by atoms with Gasteiger partial charge in [-0.2, -0.15) is 0 Å². The summed E-state index contributed by atoms with van der Waals surface area (Å²) < 4.78 is 11.0. The predicted octanol–water partition coefficient (Wildman–Crippen LogP) is 3.56. The Morgan fingerprint density at radius 3 is 2.23 bits per heavy atom. The average molecular weight is 351 g/mol. The molecule has 2 aromatic rings. The quantitative estimate of drug-likeness (QED) is 0.624. The number of ether oxygens (including phenoxy) is 2. The molecule has 2 heterocycles. The second kappa shape index (κ2) is 5.95. The number of rotatable bonds is 4. The first-order valence-corrected chi connectivity index (χ1v) is 8.72. The molecule has 1 saturated heterocycles. The summed E-state index contributed by atoms with van der Waals surface area (Å²) in [5.74, 6) is 0.0424. The smallest absolute Gasteiger partial charge is 0.266 e. The summed E-state index contributed by atoms with van der Waals surface area (Å²) in [5, 5.41) is 0. The first-order chi connectivity index (χ1) is 12.3. The van der Waals surface area contributed by atoms with Crippen molar-refractivity contribution in [1.82, 2.24) is 0 Å². The number of hydrogen-bond donors (Lipinski definition) is 0. The van der Waals surface area contributed by atoms with Gasteiger partial charge in [0, 0.05) is 6.07 Å². The Hall–Kier alpha value is -2.66. The lowest BCUT2D eigenvalue weighted by atomic mass is 9.86. The van der Waals surface area contributed by atoms with Crippen molar-refractivity contribution in [3.63, 3.8) is 0 Å². The van der Waals surface area contributed by atoms with Crippen LogP contribution in [0.2, 0.25) is 0 Å². The van der Waals surface area contributed by atoms with Crippen molar-refractivity contribution >= 4 is 17.5 Å². The number of carbonyl (C=O) groups excluding carboxylic acids is 2. The van der Waals surface area contributed by atoms with Crippen LogP contribution in [0.3, 0.4) is 0 Å². The minimum Gasteiger partial charge on any atom is -0.491 e. The highest BCUT2D eigenvalue weighted by Gasteiger charge is 2.37. The third-order valence-electron chi connectivity index (χ3n) is 4.65. The molecule has 5 heteroatoms. The van der Waals surface area contributed by atoms with E-state index in [-0.39, 0.29) is 23.3 Å². The molecule has 0 radical (unpaired) electrons. The number of hydrogen-bond acceptors (Lipinski definition) is 4. The molecule has 5 nitrogen and oxygen atoms in total. The van der Waals surface area contributed by atoms with Gasteiger partial charge < -0.3 is 9.47 Å². The zero-order valence-corrected chi connectivity index (χ0v) is 15.1. The van der Waals surface area contributed by atoms with Gasteiger partial charge in [0.2, 0.25) is 0 Å². The summed E-state index contributed by atoms with van der Waals surface area (Å²) in [6, 6.07) is 12.5. The maximum Gasteiger partial charge on any atom is 0.266 e. The fourth-order valence-electron chi connectivity index (χ4n) is 3.01. The Balaban J connectivity index is 1.74. The van der Waals surface area contributed by atoms with Gasteiger partial charge in [0.25, 0.3) is 11.8 Å². The van der Waals surface area contributed by atoms with E-state index >= 15 is 0 Å². The Labute approximate surface area is 152 Å². The van der Waals surface area contributed by atoms with E-state index in [4.69, 9.17) is 9.47 Å². The molecule has 134 valence electrons. The first-order valence-electron chi connectivity index (χ1n) is 8.72. The molecule has 1 unspecified atom stereocenters. The fourth-order valence-corrected chi connectivity index (χ4v) is 3.01. The van der Waals surface area contributed by atoms with Crippen molar-refractivity contribution < 1.29 is 19.1 Å². The van der Waals surface area contributed by atoms with Crippen molar-refractivity contribution in [2.45, 2.75) is 32.3 Å². The summed E-state index contributed by atoms with van der Waals surface area (Å²) in [4.78, 5) is 26.8.